The van der Waals surface area contributed by atoms with E-state index in [4.69, 9.17) is 0 Å². The number of aryl methyl sites for hydroxylation is 1. The van der Waals surface area contributed by atoms with E-state index in [1.54, 1.807) is 0 Å². The monoisotopic (exact) mass is 490 g/mol. The summed E-state index contributed by atoms with van der Waals surface area (Å²) >= 11 is 6.33. The van der Waals surface area contributed by atoms with E-state index in [0.29, 0.717) is 21.2 Å². The van der Waals surface area contributed by atoms with Crippen molar-refractivity contribution in [3.05, 3.63) is 44.8 Å². The quantitative estimate of drug-likeness (QED) is 0.296. The van der Waals surface area contributed by atoms with Gasteiger partial charge in [0.1, 0.15) is 21.5 Å². The molecule has 0 spiro atoms. The van der Waals surface area contributed by atoms with Crippen LogP contribution in [0.1, 0.15) is 5.56 Å². The molecule has 0 unspecified atom stereocenters. The number of hydrogen-bond donors (Lipinski definition) is 3. The fourth-order valence-corrected chi connectivity index (χ4v) is 3.88. The van der Waals surface area contributed by atoms with E-state index in [2.05, 4.69) is 57.6 Å². The molecule has 0 fully saturated rings. The molecule has 0 saturated carbocycles. The minimum atomic E-state index is -0.135. The zero-order chi connectivity index (χ0) is 19.1. The number of nitrogens with zero attached hydrogens (tertiary/aromatic N) is 5. The summed E-state index contributed by atoms with van der Waals surface area (Å²) in [6.45, 7) is 0. The summed E-state index contributed by atoms with van der Waals surface area (Å²) in [5.41, 5.74) is 5.50. The van der Waals surface area contributed by atoms with E-state index in [-0.39, 0.29) is 21.9 Å². The first-order chi connectivity index (χ1) is 13.0. The molecule has 0 aliphatic carbocycles. The number of benzene rings is 2. The highest BCUT2D eigenvalue weighted by atomic mass is 79.9. The molecule has 0 aliphatic heterocycles. The lowest BCUT2D eigenvalue weighted by molar-refractivity contribution is 0.442. The largest absolute Gasteiger partial charge is 0.506 e. The number of para-hydroxylation sites is 1. The van der Waals surface area contributed by atoms with Gasteiger partial charge in [0, 0.05) is 18.0 Å². The molecule has 136 valence electrons. The highest BCUT2D eigenvalue weighted by Crippen LogP contribution is 2.40. The van der Waals surface area contributed by atoms with E-state index in [0.717, 1.165) is 10.9 Å². The van der Waals surface area contributed by atoms with Gasteiger partial charge in [-0.2, -0.15) is 10.1 Å². The molecule has 0 bridgehead atoms. The smallest absolute Gasteiger partial charge is 0.265 e. The zero-order valence-electron chi connectivity index (χ0n) is 13.9. The third-order valence-corrected chi connectivity index (χ3v) is 5.43. The molecular weight excluding hydrogens is 480 g/mol. The maximum Gasteiger partial charge on any atom is 0.265 e. The molecule has 8 nitrogen and oxygen atoms in total. The van der Waals surface area contributed by atoms with E-state index < -0.39 is 0 Å². The SMILES string of the molecule is Cn1c2ccccc2c2nnc(N/N=C/c3cc(Br)c(O)c(Br)c3O)nc21. The minimum Gasteiger partial charge on any atom is -0.506 e. The molecule has 3 N–H and O–H groups in total. The van der Waals surface area contributed by atoms with E-state index in [9.17, 15) is 10.2 Å². The molecular formula is C17H12Br2N6O2. The van der Waals surface area contributed by atoms with Crippen LogP contribution in [-0.2, 0) is 7.05 Å². The molecule has 27 heavy (non-hydrogen) atoms. The van der Waals surface area contributed by atoms with Crippen LogP contribution >= 0.6 is 31.9 Å². The van der Waals surface area contributed by atoms with Crippen LogP contribution in [0, 0.1) is 0 Å². The number of rotatable bonds is 3. The Balaban J connectivity index is 1.66. The second-order valence-electron chi connectivity index (χ2n) is 5.71. The van der Waals surface area contributed by atoms with Crippen molar-refractivity contribution in [2.75, 3.05) is 5.43 Å². The minimum absolute atomic E-state index is 0.0913. The number of fused-ring (bicyclic) bond motifs is 3. The first kappa shape index (κ1) is 17.7. The third kappa shape index (κ3) is 3.00. The lowest BCUT2D eigenvalue weighted by Crippen LogP contribution is -2.01. The molecule has 2 aromatic carbocycles. The summed E-state index contributed by atoms with van der Waals surface area (Å²) in [6, 6.07) is 9.40. The highest BCUT2D eigenvalue weighted by molar-refractivity contribution is 9.11. The topological polar surface area (TPSA) is 108 Å². The van der Waals surface area contributed by atoms with Crippen LogP contribution < -0.4 is 5.43 Å². The van der Waals surface area contributed by atoms with Crippen molar-refractivity contribution in [2.24, 2.45) is 12.1 Å². The van der Waals surface area contributed by atoms with Gasteiger partial charge in [0.05, 0.1) is 16.2 Å². The van der Waals surface area contributed by atoms with Crippen molar-refractivity contribution in [2.45, 2.75) is 0 Å². The predicted molar refractivity (Wildman–Crippen MR) is 110 cm³/mol. The molecule has 0 aliphatic rings. The van der Waals surface area contributed by atoms with Crippen LogP contribution in [0.5, 0.6) is 11.5 Å². The summed E-state index contributed by atoms with van der Waals surface area (Å²) < 4.78 is 2.53. The van der Waals surface area contributed by atoms with E-state index in [1.165, 1.54) is 12.3 Å². The normalized spacial score (nSPS) is 11.7. The summed E-state index contributed by atoms with van der Waals surface area (Å²) in [4.78, 5) is 4.46. The van der Waals surface area contributed by atoms with Gasteiger partial charge in [0.25, 0.3) is 5.95 Å². The van der Waals surface area contributed by atoms with Gasteiger partial charge >= 0.3 is 0 Å². The molecule has 2 aromatic heterocycles. The number of hydrazone groups is 1. The summed E-state index contributed by atoms with van der Waals surface area (Å²) in [7, 11) is 1.91. The van der Waals surface area contributed by atoms with E-state index >= 15 is 0 Å². The zero-order valence-corrected chi connectivity index (χ0v) is 17.0. The number of nitrogens with one attached hydrogen (secondary N) is 1. The second-order valence-corrected chi connectivity index (χ2v) is 7.36. The average molecular weight is 492 g/mol. The van der Waals surface area contributed by atoms with Crippen molar-refractivity contribution < 1.29 is 10.2 Å². The lowest BCUT2D eigenvalue weighted by atomic mass is 10.2. The van der Waals surface area contributed by atoms with Crippen molar-refractivity contribution in [1.82, 2.24) is 19.7 Å². The van der Waals surface area contributed by atoms with Crippen LogP contribution in [-0.4, -0.2) is 36.2 Å². The van der Waals surface area contributed by atoms with Crippen molar-refractivity contribution in [1.29, 1.82) is 0 Å². The van der Waals surface area contributed by atoms with Crippen molar-refractivity contribution in [3.8, 4) is 11.5 Å². The van der Waals surface area contributed by atoms with Crippen LogP contribution in [0.25, 0.3) is 22.1 Å². The highest BCUT2D eigenvalue weighted by Gasteiger charge is 2.13. The molecule has 0 atom stereocenters. The van der Waals surface area contributed by atoms with Crippen LogP contribution in [0.2, 0.25) is 0 Å². The third-order valence-electron chi connectivity index (χ3n) is 4.07. The van der Waals surface area contributed by atoms with Gasteiger partial charge in [-0.1, -0.05) is 18.2 Å². The van der Waals surface area contributed by atoms with Gasteiger partial charge < -0.3 is 14.8 Å². The Morgan fingerprint density at radius 1 is 1.15 bits per heavy atom. The number of aromatic nitrogens is 4. The van der Waals surface area contributed by atoms with Gasteiger partial charge in [-0.25, -0.2) is 5.43 Å². The average Bonchev–Trinajstić information content (AvgIpc) is 2.96. The summed E-state index contributed by atoms with van der Waals surface area (Å²) in [5, 5.41) is 33.1. The predicted octanol–water partition coefficient (Wildman–Crippen LogP) is 3.90. The number of aromatic hydroxyl groups is 2. The Morgan fingerprint density at radius 3 is 2.74 bits per heavy atom. The molecule has 10 heteroatoms. The Labute approximate surface area is 169 Å². The van der Waals surface area contributed by atoms with Crippen LogP contribution in [0.15, 0.2) is 44.4 Å². The van der Waals surface area contributed by atoms with Gasteiger partial charge in [-0.3, -0.25) is 0 Å². The maximum absolute atomic E-state index is 10.1. The van der Waals surface area contributed by atoms with Crippen LogP contribution in [0.3, 0.4) is 0 Å². The fraction of sp³-hybridized carbons (Fsp3) is 0.0588. The molecule has 2 heterocycles. The number of anilines is 1. The molecule has 0 amide bonds. The van der Waals surface area contributed by atoms with Crippen LogP contribution in [0.4, 0.5) is 5.95 Å². The van der Waals surface area contributed by atoms with Gasteiger partial charge in [0.2, 0.25) is 0 Å². The fourth-order valence-electron chi connectivity index (χ4n) is 2.73. The van der Waals surface area contributed by atoms with Gasteiger partial charge in [-0.05, 0) is 44.0 Å². The van der Waals surface area contributed by atoms with Crippen molar-refractivity contribution >= 4 is 66.1 Å². The Kier molecular flexibility index (Phi) is 4.44. The number of halogens is 2. The summed E-state index contributed by atoms with van der Waals surface area (Å²) in [5.74, 6) is -0.00291. The molecule has 4 rings (SSSR count). The Morgan fingerprint density at radius 2 is 1.93 bits per heavy atom. The first-order valence-electron chi connectivity index (χ1n) is 7.74. The Bertz CT molecular complexity index is 1220. The lowest BCUT2D eigenvalue weighted by Gasteiger charge is -2.06. The standard InChI is InChI=1S/C17H12Br2N6O2/c1-25-11-5-3-2-4-9(11)13-16(25)21-17(24-22-13)23-20-7-8-6-10(18)15(27)12(19)14(8)26/h2-7,26-27H,1H3,(H,21,23,24)/b20-7+. The molecule has 0 saturated heterocycles. The molecule has 4 aromatic rings. The number of hydrogen-bond acceptors (Lipinski definition) is 7. The Hall–Kier alpha value is -2.72. The van der Waals surface area contributed by atoms with Crippen molar-refractivity contribution in [3.63, 3.8) is 0 Å². The second kappa shape index (κ2) is 6.78. The first-order valence-corrected chi connectivity index (χ1v) is 9.33. The summed E-state index contributed by atoms with van der Waals surface area (Å²) in [6.07, 6.45) is 1.39. The van der Waals surface area contributed by atoms with E-state index in [1.807, 2.05) is 35.9 Å². The van der Waals surface area contributed by atoms with Gasteiger partial charge in [-0.15, -0.1) is 10.2 Å². The maximum atomic E-state index is 10.1. The number of phenolic OH excluding ortho intramolecular Hbond substituents is 2. The number of phenols is 2. The molecule has 0 radical (unpaired) electrons. The van der Waals surface area contributed by atoms with Gasteiger partial charge in [0.15, 0.2) is 5.65 Å².